The Balaban J connectivity index is 2.18. The number of piperidine rings is 1. The first kappa shape index (κ1) is 14.7. The highest BCUT2D eigenvalue weighted by Gasteiger charge is 2.27. The Labute approximate surface area is 119 Å². The third kappa shape index (κ3) is 3.04. The minimum atomic E-state index is -0.0549. The Bertz CT molecular complexity index is 474. The fraction of sp³-hybridized carbons (Fsp3) is 0.533. The molecule has 2 N–H and O–H groups in total. The average Bonchev–Trinajstić information content (AvgIpc) is 2.47. The molecule has 1 saturated heterocycles. The van der Waals surface area contributed by atoms with Gasteiger partial charge in [0, 0.05) is 25.9 Å². The Morgan fingerprint density at radius 2 is 2.25 bits per heavy atom. The van der Waals surface area contributed by atoms with Gasteiger partial charge in [-0.3, -0.25) is 4.79 Å². The van der Waals surface area contributed by atoms with Gasteiger partial charge in [-0.2, -0.15) is 0 Å². The summed E-state index contributed by atoms with van der Waals surface area (Å²) in [4.78, 5) is 14.5. The quantitative estimate of drug-likeness (QED) is 0.853. The second-order valence-electron chi connectivity index (χ2n) is 5.14. The molecule has 1 aliphatic heterocycles. The van der Waals surface area contributed by atoms with Crippen LogP contribution in [0.15, 0.2) is 18.2 Å². The van der Waals surface area contributed by atoms with Gasteiger partial charge in [-0.25, -0.2) is 0 Å². The molecule has 20 heavy (non-hydrogen) atoms. The van der Waals surface area contributed by atoms with Crippen molar-refractivity contribution in [2.45, 2.75) is 12.8 Å². The third-order valence-electron chi connectivity index (χ3n) is 3.70. The highest BCUT2D eigenvalue weighted by molar-refractivity contribution is 6.01. The fourth-order valence-corrected chi connectivity index (χ4v) is 2.73. The molecule has 5 nitrogen and oxygen atoms in total. The van der Waals surface area contributed by atoms with E-state index >= 15 is 0 Å². The Morgan fingerprint density at radius 3 is 2.95 bits per heavy atom. The summed E-state index contributed by atoms with van der Waals surface area (Å²) in [5.74, 6) is 0.873. The molecular weight excluding hydrogens is 256 g/mol. The molecule has 1 fully saturated rings. The zero-order chi connectivity index (χ0) is 14.5. The Kier molecular flexibility index (Phi) is 4.84. The molecule has 0 saturated carbocycles. The molecular formula is C15H22N2O3. The van der Waals surface area contributed by atoms with Crippen LogP contribution in [0.5, 0.6) is 5.75 Å². The van der Waals surface area contributed by atoms with Gasteiger partial charge in [0.05, 0.1) is 13.7 Å². The molecule has 0 bridgehead atoms. The maximum Gasteiger partial charge on any atom is 0.259 e. The molecule has 1 aromatic rings. The van der Waals surface area contributed by atoms with Crippen LogP contribution in [0.25, 0.3) is 0 Å². The van der Waals surface area contributed by atoms with E-state index in [-0.39, 0.29) is 5.91 Å². The lowest BCUT2D eigenvalue weighted by molar-refractivity contribution is 0.0569. The van der Waals surface area contributed by atoms with Crippen LogP contribution >= 0.6 is 0 Å². The van der Waals surface area contributed by atoms with E-state index in [4.69, 9.17) is 15.2 Å². The lowest BCUT2D eigenvalue weighted by Crippen LogP contribution is -2.41. The second-order valence-corrected chi connectivity index (χ2v) is 5.14. The van der Waals surface area contributed by atoms with Gasteiger partial charge in [0.25, 0.3) is 5.91 Å². The molecule has 2 rings (SSSR count). The number of carbonyl (C=O) groups is 1. The van der Waals surface area contributed by atoms with Crippen LogP contribution in [-0.2, 0) is 4.74 Å². The van der Waals surface area contributed by atoms with E-state index in [1.165, 1.54) is 0 Å². The van der Waals surface area contributed by atoms with Crippen molar-refractivity contribution >= 4 is 11.6 Å². The summed E-state index contributed by atoms with van der Waals surface area (Å²) in [5.41, 5.74) is 6.87. The van der Waals surface area contributed by atoms with Crippen molar-refractivity contribution in [2.24, 2.45) is 5.92 Å². The topological polar surface area (TPSA) is 64.8 Å². The molecule has 1 heterocycles. The van der Waals surface area contributed by atoms with E-state index in [0.717, 1.165) is 19.4 Å². The SMILES string of the molecule is COCC1CCCN(C(=O)c2c(N)cccc2OC)C1. The van der Waals surface area contributed by atoms with Crippen LogP contribution in [0.3, 0.4) is 0 Å². The predicted molar refractivity (Wildman–Crippen MR) is 77.9 cm³/mol. The van der Waals surface area contributed by atoms with Crippen LogP contribution < -0.4 is 10.5 Å². The largest absolute Gasteiger partial charge is 0.496 e. The molecule has 0 aliphatic carbocycles. The molecule has 1 aromatic carbocycles. The third-order valence-corrected chi connectivity index (χ3v) is 3.70. The van der Waals surface area contributed by atoms with Gasteiger partial charge >= 0.3 is 0 Å². The van der Waals surface area contributed by atoms with Crippen molar-refractivity contribution in [3.05, 3.63) is 23.8 Å². The van der Waals surface area contributed by atoms with Crippen LogP contribution in [-0.4, -0.2) is 44.7 Å². The van der Waals surface area contributed by atoms with Gasteiger partial charge in [0.2, 0.25) is 0 Å². The number of hydrogen-bond donors (Lipinski definition) is 1. The van der Waals surface area contributed by atoms with E-state index in [9.17, 15) is 4.79 Å². The predicted octanol–water partition coefficient (Wildman–Crippen LogP) is 1.78. The van der Waals surface area contributed by atoms with Gasteiger partial charge in [-0.05, 0) is 30.9 Å². The highest BCUT2D eigenvalue weighted by atomic mass is 16.5. The number of likely N-dealkylation sites (tertiary alicyclic amines) is 1. The zero-order valence-corrected chi connectivity index (χ0v) is 12.1. The first-order valence-electron chi connectivity index (χ1n) is 6.88. The fourth-order valence-electron chi connectivity index (χ4n) is 2.73. The van der Waals surface area contributed by atoms with E-state index in [1.807, 2.05) is 4.90 Å². The lowest BCUT2D eigenvalue weighted by Gasteiger charge is -2.33. The highest BCUT2D eigenvalue weighted by Crippen LogP contribution is 2.27. The van der Waals surface area contributed by atoms with Crippen molar-refractivity contribution in [1.29, 1.82) is 0 Å². The van der Waals surface area contributed by atoms with Crippen LogP contribution in [0.1, 0.15) is 23.2 Å². The number of rotatable bonds is 4. The summed E-state index contributed by atoms with van der Waals surface area (Å²) in [6.45, 7) is 2.16. The molecule has 1 amide bonds. The molecule has 5 heteroatoms. The average molecular weight is 278 g/mol. The number of nitrogen functional groups attached to an aromatic ring is 1. The first-order valence-corrected chi connectivity index (χ1v) is 6.88. The van der Waals surface area contributed by atoms with Gasteiger partial charge in [0.15, 0.2) is 0 Å². The summed E-state index contributed by atoms with van der Waals surface area (Å²) >= 11 is 0. The van der Waals surface area contributed by atoms with Crippen molar-refractivity contribution in [1.82, 2.24) is 4.90 Å². The first-order chi connectivity index (χ1) is 9.67. The zero-order valence-electron chi connectivity index (χ0n) is 12.1. The van der Waals surface area contributed by atoms with E-state index in [1.54, 1.807) is 32.4 Å². The number of nitrogens with two attached hydrogens (primary N) is 1. The molecule has 110 valence electrons. The monoisotopic (exact) mass is 278 g/mol. The number of amides is 1. The number of benzene rings is 1. The van der Waals surface area contributed by atoms with Crippen molar-refractivity contribution < 1.29 is 14.3 Å². The number of methoxy groups -OCH3 is 2. The standard InChI is InChI=1S/C15H22N2O3/c1-19-10-11-5-4-8-17(9-11)15(18)14-12(16)6-3-7-13(14)20-2/h3,6-7,11H,4-5,8-10,16H2,1-2H3. The molecule has 0 radical (unpaired) electrons. The molecule has 0 aromatic heterocycles. The maximum absolute atomic E-state index is 12.7. The molecule has 1 aliphatic rings. The van der Waals surface area contributed by atoms with E-state index in [0.29, 0.717) is 36.1 Å². The lowest BCUT2D eigenvalue weighted by atomic mass is 9.98. The maximum atomic E-state index is 12.7. The van der Waals surface area contributed by atoms with E-state index in [2.05, 4.69) is 0 Å². The van der Waals surface area contributed by atoms with Crippen molar-refractivity contribution in [3.8, 4) is 5.75 Å². The number of anilines is 1. The number of ether oxygens (including phenoxy) is 2. The Morgan fingerprint density at radius 1 is 1.45 bits per heavy atom. The van der Waals surface area contributed by atoms with Gasteiger partial charge in [-0.15, -0.1) is 0 Å². The molecule has 0 spiro atoms. The van der Waals surface area contributed by atoms with Crippen LogP contribution in [0.2, 0.25) is 0 Å². The Hall–Kier alpha value is -1.75. The van der Waals surface area contributed by atoms with Crippen LogP contribution in [0.4, 0.5) is 5.69 Å². The second kappa shape index (κ2) is 6.61. The molecule has 1 unspecified atom stereocenters. The number of nitrogens with zero attached hydrogens (tertiary/aromatic N) is 1. The summed E-state index contributed by atoms with van der Waals surface area (Å²) in [5, 5.41) is 0. The molecule has 1 atom stereocenters. The summed E-state index contributed by atoms with van der Waals surface area (Å²) < 4.78 is 10.5. The normalized spacial score (nSPS) is 18.9. The van der Waals surface area contributed by atoms with Crippen molar-refractivity contribution in [2.75, 3.05) is 39.6 Å². The summed E-state index contributed by atoms with van der Waals surface area (Å²) in [7, 11) is 3.24. The van der Waals surface area contributed by atoms with Gasteiger partial charge < -0.3 is 20.1 Å². The van der Waals surface area contributed by atoms with E-state index < -0.39 is 0 Å². The smallest absolute Gasteiger partial charge is 0.259 e. The number of carbonyl (C=O) groups excluding carboxylic acids is 1. The van der Waals surface area contributed by atoms with Gasteiger partial charge in [-0.1, -0.05) is 6.07 Å². The van der Waals surface area contributed by atoms with Gasteiger partial charge in [0.1, 0.15) is 11.3 Å². The van der Waals surface area contributed by atoms with Crippen molar-refractivity contribution in [3.63, 3.8) is 0 Å². The summed E-state index contributed by atoms with van der Waals surface area (Å²) in [6.07, 6.45) is 2.09. The minimum Gasteiger partial charge on any atom is -0.496 e. The minimum absolute atomic E-state index is 0.0549. The summed E-state index contributed by atoms with van der Waals surface area (Å²) in [6, 6.07) is 5.28. The van der Waals surface area contributed by atoms with Crippen LogP contribution in [0, 0.1) is 5.92 Å². The number of hydrogen-bond acceptors (Lipinski definition) is 4.